The molecular weight excluding hydrogens is 530 g/mol. The minimum Gasteiger partial charge on any atom is -0.381 e. The molecule has 2 atom stereocenters. The molecule has 2 fully saturated rings. The van der Waals surface area contributed by atoms with Gasteiger partial charge in [0.2, 0.25) is 11.8 Å². The second-order valence-corrected chi connectivity index (χ2v) is 11.9. The molecule has 0 aromatic carbocycles. The number of fused-ring (bicyclic) bond motifs is 1. The first-order chi connectivity index (χ1) is 19.4. The second kappa shape index (κ2) is 11.3. The van der Waals surface area contributed by atoms with Gasteiger partial charge in [-0.1, -0.05) is 49.4 Å². The van der Waals surface area contributed by atoms with Crippen LogP contribution in [0, 0.1) is 11.8 Å². The molecule has 0 unspecified atom stereocenters. The zero-order valence-electron chi connectivity index (χ0n) is 23.3. The Kier molecular flexibility index (Phi) is 7.63. The summed E-state index contributed by atoms with van der Waals surface area (Å²) >= 11 is 6.39. The van der Waals surface area contributed by atoms with Gasteiger partial charge < -0.3 is 14.2 Å². The van der Waals surface area contributed by atoms with Crippen molar-refractivity contribution in [1.82, 2.24) is 29.7 Å². The van der Waals surface area contributed by atoms with Crippen molar-refractivity contribution >= 4 is 28.6 Å². The molecule has 1 N–H and O–H groups in total. The van der Waals surface area contributed by atoms with Gasteiger partial charge in [-0.25, -0.2) is 14.8 Å². The number of halogens is 1. The fourth-order valence-corrected chi connectivity index (χ4v) is 6.52. The smallest absolute Gasteiger partial charge is 0.381 e. The van der Waals surface area contributed by atoms with Crippen LogP contribution in [0.2, 0.25) is 5.02 Å². The first kappa shape index (κ1) is 27.0. The van der Waals surface area contributed by atoms with Crippen LogP contribution in [0.3, 0.4) is 0 Å². The molecule has 10 nitrogen and oxygen atoms in total. The lowest BCUT2D eigenvalue weighted by atomic mass is 9.81. The van der Waals surface area contributed by atoms with Crippen molar-refractivity contribution in [3.8, 4) is 22.8 Å². The lowest BCUT2D eigenvalue weighted by Gasteiger charge is -2.38. The summed E-state index contributed by atoms with van der Waals surface area (Å²) in [5.74, 6) is 2.07. The van der Waals surface area contributed by atoms with Gasteiger partial charge in [-0.2, -0.15) is 0 Å². The van der Waals surface area contributed by atoms with Gasteiger partial charge >= 0.3 is 5.76 Å². The van der Waals surface area contributed by atoms with E-state index in [4.69, 9.17) is 30.8 Å². The Labute approximate surface area is 238 Å². The number of hydrogen-bond donors (Lipinski definition) is 1. The van der Waals surface area contributed by atoms with E-state index in [0.29, 0.717) is 22.3 Å². The number of anilines is 1. The third-order valence-corrected chi connectivity index (χ3v) is 8.89. The third-order valence-electron chi connectivity index (χ3n) is 8.68. The Morgan fingerprint density at radius 2 is 1.95 bits per heavy atom. The van der Waals surface area contributed by atoms with E-state index in [1.165, 1.54) is 25.7 Å². The number of aromatic nitrogens is 6. The van der Waals surface area contributed by atoms with Gasteiger partial charge in [0.25, 0.3) is 0 Å². The predicted molar refractivity (Wildman–Crippen MR) is 154 cm³/mol. The SMILES string of the molecule is CO[C@H]1CCN(c2nc3cc(-c4noc(=O)[nH]4)nc(-c4cncc(Cl)c4)c3n2CCC2CCC(C)CC2)[C@H](C)C1. The second-order valence-electron chi connectivity index (χ2n) is 11.5. The van der Waals surface area contributed by atoms with Crippen LogP contribution in [0.15, 0.2) is 33.8 Å². The van der Waals surface area contributed by atoms with Crippen molar-refractivity contribution in [3.05, 3.63) is 40.1 Å². The summed E-state index contributed by atoms with van der Waals surface area (Å²) < 4.78 is 12.8. The van der Waals surface area contributed by atoms with Crippen LogP contribution >= 0.6 is 11.6 Å². The lowest BCUT2D eigenvalue weighted by molar-refractivity contribution is 0.0716. The number of aryl methyl sites for hydroxylation is 1. The Morgan fingerprint density at radius 3 is 2.65 bits per heavy atom. The van der Waals surface area contributed by atoms with E-state index < -0.39 is 5.76 Å². The molecule has 6 rings (SSSR count). The van der Waals surface area contributed by atoms with E-state index in [1.54, 1.807) is 19.5 Å². The largest absolute Gasteiger partial charge is 0.439 e. The fraction of sp³-hybridized carbons (Fsp3) is 0.552. The van der Waals surface area contributed by atoms with Crippen LogP contribution in [0.4, 0.5) is 5.95 Å². The van der Waals surface area contributed by atoms with Crippen molar-refractivity contribution in [1.29, 1.82) is 0 Å². The number of pyridine rings is 2. The number of aromatic amines is 1. The van der Waals surface area contributed by atoms with Gasteiger partial charge in [-0.15, -0.1) is 0 Å². The summed E-state index contributed by atoms with van der Waals surface area (Å²) in [5.41, 5.74) is 3.64. The van der Waals surface area contributed by atoms with Gasteiger partial charge in [0.1, 0.15) is 5.69 Å². The molecule has 4 aromatic heterocycles. The molecule has 1 aliphatic carbocycles. The topological polar surface area (TPSA) is 115 Å². The standard InChI is InChI=1S/C29H36ClN7O3/c1-17-4-6-19(7-5-17)8-10-37-26-23(33-28(37)36-11-9-22(39-3)12-18(36)2)14-24(27-34-29(38)40-35-27)32-25(26)20-13-21(30)16-31-15-20/h13-19,22H,4-12H2,1-3H3,(H,34,35,38)/t17?,18-,19?,22+/m1/s1. The Balaban J connectivity index is 1.50. The normalized spacial score (nSPS) is 23.6. The zero-order chi connectivity index (χ0) is 27.8. The van der Waals surface area contributed by atoms with Crippen LogP contribution in [0.5, 0.6) is 0 Å². The maximum atomic E-state index is 11.8. The van der Waals surface area contributed by atoms with E-state index in [2.05, 4.69) is 38.4 Å². The minimum atomic E-state index is -0.634. The third kappa shape index (κ3) is 5.39. The molecule has 11 heteroatoms. The average Bonchev–Trinajstić information content (AvgIpc) is 3.55. The number of piperidine rings is 1. The molecule has 2 aliphatic rings. The van der Waals surface area contributed by atoms with Gasteiger partial charge in [0.15, 0.2) is 0 Å². The van der Waals surface area contributed by atoms with Crippen molar-refractivity contribution in [3.63, 3.8) is 0 Å². The van der Waals surface area contributed by atoms with E-state index in [0.717, 1.165) is 60.8 Å². The molecular formula is C29H36ClN7O3. The number of nitrogens with one attached hydrogen (secondary N) is 1. The molecule has 0 amide bonds. The maximum Gasteiger partial charge on any atom is 0.439 e. The molecule has 212 valence electrons. The predicted octanol–water partition coefficient (Wildman–Crippen LogP) is 5.71. The van der Waals surface area contributed by atoms with Crippen molar-refractivity contribution in [2.24, 2.45) is 11.8 Å². The van der Waals surface area contributed by atoms with Crippen LogP contribution in [-0.2, 0) is 11.3 Å². The zero-order valence-corrected chi connectivity index (χ0v) is 24.0. The fourth-order valence-electron chi connectivity index (χ4n) is 6.35. The summed E-state index contributed by atoms with van der Waals surface area (Å²) in [5, 5.41) is 4.41. The van der Waals surface area contributed by atoms with E-state index in [-0.39, 0.29) is 18.0 Å². The molecule has 40 heavy (non-hydrogen) atoms. The first-order valence-electron chi connectivity index (χ1n) is 14.3. The number of methoxy groups -OCH3 is 1. The maximum absolute atomic E-state index is 11.8. The molecule has 0 spiro atoms. The lowest BCUT2D eigenvalue weighted by Crippen LogP contribution is -2.44. The number of H-pyrrole nitrogens is 1. The van der Waals surface area contributed by atoms with Gasteiger partial charge in [-0.3, -0.25) is 14.5 Å². The summed E-state index contributed by atoms with van der Waals surface area (Å²) in [7, 11) is 1.79. The van der Waals surface area contributed by atoms with Gasteiger partial charge in [0, 0.05) is 44.2 Å². The van der Waals surface area contributed by atoms with Crippen LogP contribution in [0.1, 0.15) is 58.8 Å². The highest BCUT2D eigenvalue weighted by Crippen LogP contribution is 2.37. The summed E-state index contributed by atoms with van der Waals surface area (Å²) in [6, 6.07) is 4.00. The van der Waals surface area contributed by atoms with Crippen molar-refractivity contribution < 1.29 is 9.26 Å². The molecule has 1 saturated carbocycles. The molecule has 5 heterocycles. The molecule has 4 aromatic rings. The van der Waals surface area contributed by atoms with E-state index >= 15 is 0 Å². The minimum absolute atomic E-state index is 0.249. The van der Waals surface area contributed by atoms with E-state index in [9.17, 15) is 4.79 Å². The summed E-state index contributed by atoms with van der Waals surface area (Å²) in [6.45, 7) is 6.29. The monoisotopic (exact) mass is 565 g/mol. The summed E-state index contributed by atoms with van der Waals surface area (Å²) in [4.78, 5) is 31.3. The number of nitrogens with zero attached hydrogens (tertiary/aromatic N) is 6. The van der Waals surface area contributed by atoms with Crippen LogP contribution < -0.4 is 10.7 Å². The number of imidazole rings is 1. The Hall–Kier alpha value is -3.24. The van der Waals surface area contributed by atoms with Crippen LogP contribution in [-0.4, -0.2) is 55.5 Å². The highest BCUT2D eigenvalue weighted by molar-refractivity contribution is 6.30. The van der Waals surface area contributed by atoms with Gasteiger partial charge in [-0.05, 0) is 50.2 Å². The summed E-state index contributed by atoms with van der Waals surface area (Å²) in [6.07, 6.45) is 11.7. The quantitative estimate of drug-likeness (QED) is 0.303. The molecule has 1 saturated heterocycles. The number of ether oxygens (including phenoxy) is 1. The van der Waals surface area contributed by atoms with E-state index in [1.807, 2.05) is 12.1 Å². The first-order valence-corrected chi connectivity index (χ1v) is 14.7. The van der Waals surface area contributed by atoms with Crippen LogP contribution in [0.25, 0.3) is 33.8 Å². The number of hydrogen-bond acceptors (Lipinski definition) is 8. The highest BCUT2D eigenvalue weighted by atomic mass is 35.5. The van der Waals surface area contributed by atoms with Crippen molar-refractivity contribution in [2.45, 2.75) is 77.5 Å². The molecule has 0 radical (unpaired) electrons. The molecule has 1 aliphatic heterocycles. The highest BCUT2D eigenvalue weighted by Gasteiger charge is 2.31. The number of rotatable bonds is 7. The van der Waals surface area contributed by atoms with Gasteiger partial charge in [0.05, 0.1) is 27.9 Å². The van der Waals surface area contributed by atoms with Crippen molar-refractivity contribution in [2.75, 3.05) is 18.6 Å². The Morgan fingerprint density at radius 1 is 1.12 bits per heavy atom. The average molecular weight is 566 g/mol. The molecule has 0 bridgehead atoms. The Bertz CT molecular complexity index is 1540.